The van der Waals surface area contributed by atoms with Crippen molar-refractivity contribution in [3.05, 3.63) is 74.6 Å². The summed E-state index contributed by atoms with van der Waals surface area (Å²) >= 11 is 0. The van der Waals surface area contributed by atoms with Gasteiger partial charge in [0.25, 0.3) is 0 Å². The van der Waals surface area contributed by atoms with Gasteiger partial charge in [0.1, 0.15) is 18.2 Å². The molecule has 1 aromatic heterocycles. The van der Waals surface area contributed by atoms with E-state index in [1.165, 1.54) is 12.1 Å². The third-order valence-corrected chi connectivity index (χ3v) is 8.28. The van der Waals surface area contributed by atoms with Crippen LogP contribution in [0.5, 0.6) is 0 Å². The van der Waals surface area contributed by atoms with Crippen LogP contribution in [0.4, 0.5) is 0 Å². The first-order chi connectivity index (χ1) is 16.0. The van der Waals surface area contributed by atoms with Crippen LogP contribution < -0.4 is 5.63 Å². The highest BCUT2D eigenvalue weighted by Crippen LogP contribution is 2.29. The Kier molecular flexibility index (Phi) is 6.37. The lowest BCUT2D eigenvalue weighted by atomic mass is 10.0. The van der Waals surface area contributed by atoms with Gasteiger partial charge in [-0.25, -0.2) is 13.2 Å². The van der Waals surface area contributed by atoms with E-state index in [2.05, 4.69) is 0 Å². The largest absolute Gasteiger partial charge is 0.460 e. The van der Waals surface area contributed by atoms with E-state index in [4.69, 9.17) is 9.15 Å². The Morgan fingerprint density at radius 2 is 1.74 bits per heavy atom. The molecule has 2 aromatic carbocycles. The molecule has 180 valence electrons. The fraction of sp³-hybridized carbons (Fsp3) is 0.360. The molecule has 0 amide bonds. The second-order valence-electron chi connectivity index (χ2n) is 8.86. The van der Waals surface area contributed by atoms with E-state index in [1.54, 1.807) is 18.2 Å². The molecule has 4 rings (SSSR count). The van der Waals surface area contributed by atoms with Gasteiger partial charge in [0.2, 0.25) is 10.0 Å². The topological polar surface area (TPSA) is 114 Å². The summed E-state index contributed by atoms with van der Waals surface area (Å²) in [7, 11) is -4.03. The number of esters is 1. The van der Waals surface area contributed by atoms with E-state index in [0.29, 0.717) is 16.5 Å². The highest BCUT2D eigenvalue weighted by molar-refractivity contribution is 7.89. The number of rotatable bonds is 5. The van der Waals surface area contributed by atoms with Gasteiger partial charge in [-0.2, -0.15) is 4.31 Å². The maximum atomic E-state index is 13.3. The van der Waals surface area contributed by atoms with Crippen LogP contribution in [0.1, 0.15) is 34.2 Å². The van der Waals surface area contributed by atoms with E-state index >= 15 is 0 Å². The van der Waals surface area contributed by atoms with Crippen LogP contribution in [0.15, 0.2) is 50.5 Å². The van der Waals surface area contributed by atoms with Crippen LogP contribution in [-0.4, -0.2) is 42.5 Å². The first kappa shape index (κ1) is 24.1. The third kappa shape index (κ3) is 4.51. The number of hydrogen-bond acceptors (Lipinski definition) is 7. The second kappa shape index (κ2) is 8.98. The normalized spacial score (nSPS) is 19.0. The number of carbonyl (C=O) groups excluding carboxylic acids is 1. The molecule has 1 fully saturated rings. The summed E-state index contributed by atoms with van der Waals surface area (Å²) < 4.78 is 38.3. The summed E-state index contributed by atoms with van der Waals surface area (Å²) in [4.78, 5) is 25.0. The molecule has 2 atom stereocenters. The van der Waals surface area contributed by atoms with Crippen LogP contribution in [-0.2, 0) is 26.2 Å². The molecule has 0 spiro atoms. The first-order valence-electron chi connectivity index (χ1n) is 10.9. The second-order valence-corrected chi connectivity index (χ2v) is 10.7. The van der Waals surface area contributed by atoms with Crippen molar-refractivity contribution in [2.75, 3.05) is 6.54 Å². The molecule has 0 aliphatic carbocycles. The molecule has 9 heteroatoms. The van der Waals surface area contributed by atoms with E-state index in [9.17, 15) is 23.1 Å². The molecular weight excluding hydrogens is 458 g/mol. The van der Waals surface area contributed by atoms with Gasteiger partial charge in [-0.15, -0.1) is 0 Å². The van der Waals surface area contributed by atoms with Crippen molar-refractivity contribution in [1.82, 2.24) is 4.31 Å². The third-order valence-electron chi connectivity index (χ3n) is 6.41. The van der Waals surface area contributed by atoms with Gasteiger partial charge in [0, 0.05) is 30.0 Å². The van der Waals surface area contributed by atoms with Crippen molar-refractivity contribution in [2.24, 2.45) is 0 Å². The quantitative estimate of drug-likeness (QED) is 0.437. The predicted molar refractivity (Wildman–Crippen MR) is 126 cm³/mol. The highest BCUT2D eigenvalue weighted by atomic mass is 32.2. The minimum absolute atomic E-state index is 0.0556. The zero-order valence-corrected chi connectivity index (χ0v) is 20.3. The lowest BCUT2D eigenvalue weighted by Gasteiger charge is -2.23. The Hall–Kier alpha value is -3.01. The van der Waals surface area contributed by atoms with Crippen LogP contribution in [0.25, 0.3) is 11.0 Å². The summed E-state index contributed by atoms with van der Waals surface area (Å²) in [6, 6.07) is 8.45. The Bertz CT molecular complexity index is 1440. The number of benzene rings is 2. The average molecular weight is 486 g/mol. The summed E-state index contributed by atoms with van der Waals surface area (Å²) in [5, 5.41) is 10.8. The zero-order valence-electron chi connectivity index (χ0n) is 19.5. The minimum atomic E-state index is -4.03. The lowest BCUT2D eigenvalue weighted by Crippen LogP contribution is -2.41. The number of carbonyl (C=O) groups is 1. The molecule has 2 heterocycles. The van der Waals surface area contributed by atoms with Crippen molar-refractivity contribution in [3.8, 4) is 0 Å². The van der Waals surface area contributed by atoms with Crippen molar-refractivity contribution in [1.29, 1.82) is 0 Å². The van der Waals surface area contributed by atoms with Gasteiger partial charge in [0.15, 0.2) is 0 Å². The first-order valence-corrected chi connectivity index (χ1v) is 12.4. The SMILES string of the molecule is Cc1ccc(S(=O)(=O)N2CC(O)C[C@H]2C(=O)OCc2cc(=O)oc3cc(C)c(C)cc23)cc1C. The molecule has 1 N–H and O–H groups in total. The fourth-order valence-electron chi connectivity index (χ4n) is 4.12. The molecule has 0 bridgehead atoms. The molecule has 0 saturated carbocycles. The number of sulfonamides is 1. The van der Waals surface area contributed by atoms with Gasteiger partial charge < -0.3 is 14.3 Å². The number of nitrogens with zero attached hydrogens (tertiary/aromatic N) is 1. The number of fused-ring (bicyclic) bond motifs is 1. The number of ether oxygens (including phenoxy) is 1. The monoisotopic (exact) mass is 485 g/mol. The molecule has 1 aliphatic rings. The Labute approximate surface area is 197 Å². The van der Waals surface area contributed by atoms with Crippen molar-refractivity contribution < 1.29 is 27.5 Å². The van der Waals surface area contributed by atoms with E-state index in [1.807, 2.05) is 33.8 Å². The van der Waals surface area contributed by atoms with Crippen molar-refractivity contribution >= 4 is 27.0 Å². The summed E-state index contributed by atoms with van der Waals surface area (Å²) in [5.41, 5.74) is 3.97. The van der Waals surface area contributed by atoms with E-state index < -0.39 is 33.8 Å². The summed E-state index contributed by atoms with van der Waals surface area (Å²) in [6.45, 7) is 7.08. The van der Waals surface area contributed by atoms with Crippen LogP contribution in [0, 0.1) is 27.7 Å². The number of aryl methyl sites for hydroxylation is 4. The standard InChI is InChI=1S/C25H27NO7S/c1-14-5-6-20(7-15(14)2)34(30,31)26-12-19(27)11-22(26)25(29)32-13-18-10-24(28)33-23-9-17(4)16(3)8-21(18)23/h5-10,19,22,27H,11-13H2,1-4H3/t19?,22-/m0/s1. The predicted octanol–water partition coefficient (Wildman–Crippen LogP) is 2.89. The molecular formula is C25H27NO7S. The number of aliphatic hydroxyl groups is 1. The minimum Gasteiger partial charge on any atom is -0.460 e. The molecule has 3 aromatic rings. The molecule has 1 saturated heterocycles. The summed E-state index contributed by atoms with van der Waals surface area (Å²) in [6.07, 6.45) is -1.06. The van der Waals surface area contributed by atoms with E-state index in [-0.39, 0.29) is 24.5 Å². The molecule has 0 radical (unpaired) electrons. The number of hydrogen-bond donors (Lipinski definition) is 1. The van der Waals surface area contributed by atoms with Gasteiger partial charge in [-0.3, -0.25) is 4.79 Å². The van der Waals surface area contributed by atoms with Crippen LogP contribution in [0.2, 0.25) is 0 Å². The average Bonchev–Trinajstić information content (AvgIpc) is 3.17. The highest BCUT2D eigenvalue weighted by Gasteiger charge is 2.44. The van der Waals surface area contributed by atoms with E-state index in [0.717, 1.165) is 26.6 Å². The Morgan fingerprint density at radius 3 is 2.44 bits per heavy atom. The van der Waals surface area contributed by atoms with Gasteiger partial charge >= 0.3 is 11.6 Å². The Balaban J connectivity index is 1.60. The van der Waals surface area contributed by atoms with Crippen molar-refractivity contribution in [2.45, 2.75) is 57.8 Å². The summed E-state index contributed by atoms with van der Waals surface area (Å²) in [5.74, 6) is -0.783. The molecule has 34 heavy (non-hydrogen) atoms. The van der Waals surface area contributed by atoms with Gasteiger partial charge in [-0.1, -0.05) is 6.07 Å². The maximum Gasteiger partial charge on any atom is 0.336 e. The van der Waals surface area contributed by atoms with Crippen molar-refractivity contribution in [3.63, 3.8) is 0 Å². The van der Waals surface area contributed by atoms with Crippen LogP contribution >= 0.6 is 0 Å². The number of β-amino-alcohol motifs (C(OH)–C–C–N with tert-alkyl or cyclic N) is 1. The molecule has 1 aliphatic heterocycles. The fourth-order valence-corrected chi connectivity index (χ4v) is 5.83. The number of aliphatic hydroxyl groups excluding tert-OH is 1. The van der Waals surface area contributed by atoms with Gasteiger partial charge in [-0.05, 0) is 74.2 Å². The Morgan fingerprint density at radius 1 is 1.06 bits per heavy atom. The molecule has 1 unspecified atom stereocenters. The van der Waals surface area contributed by atoms with Gasteiger partial charge in [0.05, 0.1) is 11.0 Å². The maximum absolute atomic E-state index is 13.3. The van der Waals surface area contributed by atoms with Crippen LogP contribution in [0.3, 0.4) is 0 Å². The molecule has 8 nitrogen and oxygen atoms in total. The lowest BCUT2D eigenvalue weighted by molar-refractivity contribution is -0.148. The zero-order chi connectivity index (χ0) is 24.8. The smallest absolute Gasteiger partial charge is 0.336 e.